The maximum Gasteiger partial charge on any atom is 0.235 e. The van der Waals surface area contributed by atoms with E-state index in [1.807, 2.05) is 37.4 Å². The SMILES string of the molecule is CNCCCNC(=O)CS(=O)(=O)CCCc1ccccc1.Cl. The average molecular weight is 349 g/mol. The van der Waals surface area contributed by atoms with Gasteiger partial charge in [0.15, 0.2) is 9.84 Å². The van der Waals surface area contributed by atoms with Crippen molar-refractivity contribution < 1.29 is 13.2 Å². The van der Waals surface area contributed by atoms with E-state index >= 15 is 0 Å². The number of amides is 1. The van der Waals surface area contributed by atoms with Crippen LogP contribution in [0.4, 0.5) is 0 Å². The maximum absolute atomic E-state index is 11.8. The number of halogens is 1. The van der Waals surface area contributed by atoms with Crippen LogP contribution in [0.15, 0.2) is 30.3 Å². The highest BCUT2D eigenvalue weighted by Gasteiger charge is 2.15. The fraction of sp³-hybridized carbons (Fsp3) is 0.533. The van der Waals surface area contributed by atoms with Crippen LogP contribution in [0.25, 0.3) is 0 Å². The van der Waals surface area contributed by atoms with Gasteiger partial charge in [-0.3, -0.25) is 4.79 Å². The molecule has 1 aromatic rings. The lowest BCUT2D eigenvalue weighted by atomic mass is 10.1. The van der Waals surface area contributed by atoms with E-state index in [9.17, 15) is 13.2 Å². The lowest BCUT2D eigenvalue weighted by molar-refractivity contribution is -0.118. The monoisotopic (exact) mass is 348 g/mol. The molecule has 0 saturated heterocycles. The molecule has 1 aromatic carbocycles. The summed E-state index contributed by atoms with van der Waals surface area (Å²) in [7, 11) is -1.49. The normalized spacial score (nSPS) is 10.8. The molecule has 2 N–H and O–H groups in total. The van der Waals surface area contributed by atoms with Crippen molar-refractivity contribution in [2.75, 3.05) is 31.6 Å². The van der Waals surface area contributed by atoms with Gasteiger partial charge in [-0.05, 0) is 38.4 Å². The molecule has 0 saturated carbocycles. The number of rotatable bonds is 10. The molecule has 0 atom stereocenters. The summed E-state index contributed by atoms with van der Waals surface area (Å²) in [6, 6.07) is 9.74. The quantitative estimate of drug-likeness (QED) is 0.623. The molecule has 22 heavy (non-hydrogen) atoms. The molecular weight excluding hydrogens is 324 g/mol. The lowest BCUT2D eigenvalue weighted by Gasteiger charge is -2.06. The van der Waals surface area contributed by atoms with Gasteiger partial charge in [-0.15, -0.1) is 12.4 Å². The van der Waals surface area contributed by atoms with Gasteiger partial charge in [-0.1, -0.05) is 30.3 Å². The van der Waals surface area contributed by atoms with Crippen molar-refractivity contribution in [2.24, 2.45) is 0 Å². The van der Waals surface area contributed by atoms with Gasteiger partial charge in [0, 0.05) is 6.54 Å². The summed E-state index contributed by atoms with van der Waals surface area (Å²) in [6.07, 6.45) is 2.04. The van der Waals surface area contributed by atoms with E-state index in [1.54, 1.807) is 0 Å². The topological polar surface area (TPSA) is 75.3 Å². The van der Waals surface area contributed by atoms with Crippen molar-refractivity contribution in [1.82, 2.24) is 10.6 Å². The predicted octanol–water partition coefficient (Wildman–Crippen LogP) is 1.18. The van der Waals surface area contributed by atoms with E-state index in [4.69, 9.17) is 0 Å². The number of nitrogens with one attached hydrogen (secondary N) is 2. The van der Waals surface area contributed by atoms with E-state index in [2.05, 4.69) is 10.6 Å². The molecule has 0 bridgehead atoms. The van der Waals surface area contributed by atoms with E-state index < -0.39 is 21.5 Å². The Morgan fingerprint density at radius 3 is 2.41 bits per heavy atom. The van der Waals surface area contributed by atoms with Crippen LogP contribution >= 0.6 is 12.4 Å². The highest BCUT2D eigenvalue weighted by Crippen LogP contribution is 2.04. The first-order valence-electron chi connectivity index (χ1n) is 7.19. The molecule has 0 unspecified atom stereocenters. The zero-order valence-electron chi connectivity index (χ0n) is 12.9. The molecule has 0 spiro atoms. The third kappa shape index (κ3) is 9.76. The third-order valence-corrected chi connectivity index (χ3v) is 4.65. The summed E-state index contributed by atoms with van der Waals surface area (Å²) in [6.45, 7) is 1.29. The summed E-state index contributed by atoms with van der Waals surface area (Å²) in [5, 5.41) is 5.59. The predicted molar refractivity (Wildman–Crippen MR) is 92.2 cm³/mol. The van der Waals surface area contributed by atoms with Crippen LogP contribution < -0.4 is 10.6 Å². The largest absolute Gasteiger partial charge is 0.355 e. The minimum atomic E-state index is -3.32. The molecule has 5 nitrogen and oxygen atoms in total. The molecule has 0 aliphatic heterocycles. The van der Waals surface area contributed by atoms with Crippen LogP contribution in [-0.4, -0.2) is 46.0 Å². The number of aryl methyl sites for hydroxylation is 1. The summed E-state index contributed by atoms with van der Waals surface area (Å²) < 4.78 is 23.7. The minimum absolute atomic E-state index is 0. The number of hydrogen-bond donors (Lipinski definition) is 2. The highest BCUT2D eigenvalue weighted by molar-refractivity contribution is 7.92. The summed E-state index contributed by atoms with van der Waals surface area (Å²) in [4.78, 5) is 11.5. The average Bonchev–Trinajstić information content (AvgIpc) is 2.44. The van der Waals surface area contributed by atoms with Gasteiger partial charge in [0.25, 0.3) is 0 Å². The first-order valence-corrected chi connectivity index (χ1v) is 9.01. The van der Waals surface area contributed by atoms with Crippen LogP contribution in [0.3, 0.4) is 0 Å². The van der Waals surface area contributed by atoms with E-state index in [0.29, 0.717) is 19.4 Å². The number of benzene rings is 1. The molecule has 0 aromatic heterocycles. The van der Waals surface area contributed by atoms with Crippen LogP contribution in [0.2, 0.25) is 0 Å². The smallest absolute Gasteiger partial charge is 0.235 e. The van der Waals surface area contributed by atoms with E-state index in [-0.39, 0.29) is 18.2 Å². The Morgan fingerprint density at radius 2 is 1.77 bits per heavy atom. The molecule has 1 rings (SSSR count). The fourth-order valence-corrected chi connectivity index (χ4v) is 3.19. The van der Waals surface area contributed by atoms with Crippen molar-refractivity contribution in [1.29, 1.82) is 0 Å². The van der Waals surface area contributed by atoms with Crippen molar-refractivity contribution in [3.05, 3.63) is 35.9 Å². The maximum atomic E-state index is 11.8. The zero-order chi connectivity index (χ0) is 15.6. The number of carbonyl (C=O) groups excluding carboxylic acids is 1. The zero-order valence-corrected chi connectivity index (χ0v) is 14.5. The van der Waals surface area contributed by atoms with E-state index in [0.717, 1.165) is 18.5 Å². The van der Waals surface area contributed by atoms with Gasteiger partial charge in [0.2, 0.25) is 5.91 Å². The molecule has 0 aliphatic carbocycles. The summed E-state index contributed by atoms with van der Waals surface area (Å²) in [5.74, 6) is -0.779. The van der Waals surface area contributed by atoms with Crippen molar-refractivity contribution in [3.8, 4) is 0 Å². The van der Waals surface area contributed by atoms with Gasteiger partial charge in [-0.25, -0.2) is 8.42 Å². The molecule has 0 aliphatic rings. The molecule has 0 fully saturated rings. The lowest BCUT2D eigenvalue weighted by Crippen LogP contribution is -2.33. The van der Waals surface area contributed by atoms with Gasteiger partial charge in [0.1, 0.15) is 5.75 Å². The number of sulfone groups is 1. The van der Waals surface area contributed by atoms with Crippen LogP contribution in [0.1, 0.15) is 18.4 Å². The Labute approximate surface area is 139 Å². The minimum Gasteiger partial charge on any atom is -0.355 e. The fourth-order valence-electron chi connectivity index (χ4n) is 1.96. The van der Waals surface area contributed by atoms with Gasteiger partial charge < -0.3 is 10.6 Å². The first-order chi connectivity index (χ1) is 10.0. The molecule has 7 heteroatoms. The van der Waals surface area contributed by atoms with Crippen molar-refractivity contribution >= 4 is 28.2 Å². The second kappa shape index (κ2) is 11.5. The second-order valence-electron chi connectivity index (χ2n) is 4.99. The van der Waals surface area contributed by atoms with Crippen LogP contribution in [0.5, 0.6) is 0 Å². The van der Waals surface area contributed by atoms with Gasteiger partial charge in [0.05, 0.1) is 5.75 Å². The molecule has 0 heterocycles. The summed E-state index contributed by atoms with van der Waals surface area (Å²) in [5.41, 5.74) is 1.12. The highest BCUT2D eigenvalue weighted by atomic mass is 35.5. The third-order valence-electron chi connectivity index (χ3n) is 3.04. The van der Waals surface area contributed by atoms with Gasteiger partial charge in [-0.2, -0.15) is 0 Å². The van der Waals surface area contributed by atoms with Gasteiger partial charge >= 0.3 is 0 Å². The Hall–Kier alpha value is -1.11. The number of carbonyl (C=O) groups is 1. The molecule has 126 valence electrons. The molecule has 0 radical (unpaired) electrons. The van der Waals surface area contributed by atoms with Crippen LogP contribution in [0, 0.1) is 0 Å². The summed E-state index contributed by atoms with van der Waals surface area (Å²) >= 11 is 0. The Bertz CT molecular complexity index is 521. The van der Waals surface area contributed by atoms with E-state index in [1.165, 1.54) is 0 Å². The molecule has 1 amide bonds. The Morgan fingerprint density at radius 1 is 1.09 bits per heavy atom. The van der Waals surface area contributed by atoms with Crippen molar-refractivity contribution in [3.63, 3.8) is 0 Å². The number of hydrogen-bond acceptors (Lipinski definition) is 4. The Balaban J connectivity index is 0.00000441. The Kier molecular flexibility index (Phi) is 10.9. The van der Waals surface area contributed by atoms with Crippen LogP contribution in [-0.2, 0) is 21.1 Å². The second-order valence-corrected chi connectivity index (χ2v) is 7.17. The molecular formula is C15H25ClN2O3S. The first kappa shape index (κ1) is 20.9. The van der Waals surface area contributed by atoms with Crippen molar-refractivity contribution in [2.45, 2.75) is 19.3 Å². The standard InChI is InChI=1S/C15H24N2O3S.ClH/c1-16-10-6-11-17-15(18)13-21(19,20)12-5-9-14-7-3-2-4-8-14;/h2-4,7-8,16H,5-6,9-13H2,1H3,(H,17,18);1H.